The second-order valence-corrected chi connectivity index (χ2v) is 5.48. The maximum atomic E-state index is 5.42. The highest BCUT2D eigenvalue weighted by molar-refractivity contribution is 5.80. The van der Waals surface area contributed by atoms with Crippen LogP contribution in [-0.2, 0) is 13.0 Å². The molecule has 0 atom stereocenters. The number of benzene rings is 1. The Bertz CT molecular complexity index is 582. The molecular weight excluding hydrogens is 290 g/mol. The van der Waals surface area contributed by atoms with E-state index in [0.29, 0.717) is 0 Å². The first-order valence-electron chi connectivity index (χ1n) is 8.04. The van der Waals surface area contributed by atoms with Gasteiger partial charge in [-0.3, -0.25) is 4.99 Å². The number of hydrogen-bond acceptors (Lipinski definition) is 3. The zero-order valence-corrected chi connectivity index (χ0v) is 14.6. The van der Waals surface area contributed by atoms with Crippen molar-refractivity contribution < 1.29 is 9.47 Å². The molecule has 2 rings (SSSR count). The third-order valence-corrected chi connectivity index (χ3v) is 4.06. The highest BCUT2D eigenvalue weighted by atomic mass is 16.5. The monoisotopic (exact) mass is 317 g/mol. The summed E-state index contributed by atoms with van der Waals surface area (Å²) in [6, 6.07) is 4.17. The molecule has 1 aromatic rings. The number of fused-ring (bicyclic) bond motifs is 1. The normalized spacial score (nSPS) is 14.8. The molecule has 1 heterocycles. The van der Waals surface area contributed by atoms with Crippen molar-refractivity contribution in [1.29, 1.82) is 0 Å². The standard InChI is InChI=1S/C18H27N3O2/c1-5-6-7-9-20-18(19-2)21-10-8-14-11-16(22-3)17(23-4)12-15(14)13-21/h5-6,11-12H,7-10,13H2,1-4H3,(H,19,20). The molecule has 0 amide bonds. The molecule has 5 nitrogen and oxygen atoms in total. The van der Waals surface area contributed by atoms with Crippen molar-refractivity contribution in [3.05, 3.63) is 35.4 Å². The molecule has 0 unspecified atom stereocenters. The van der Waals surface area contributed by atoms with E-state index in [1.807, 2.05) is 14.0 Å². The highest BCUT2D eigenvalue weighted by Gasteiger charge is 2.21. The number of hydrogen-bond donors (Lipinski definition) is 1. The molecule has 1 aliphatic heterocycles. The summed E-state index contributed by atoms with van der Waals surface area (Å²) in [5.74, 6) is 2.53. The Balaban J connectivity index is 2.09. The van der Waals surface area contributed by atoms with Gasteiger partial charge >= 0.3 is 0 Å². The Morgan fingerprint density at radius 3 is 2.57 bits per heavy atom. The van der Waals surface area contributed by atoms with E-state index >= 15 is 0 Å². The second kappa shape index (κ2) is 8.46. The topological polar surface area (TPSA) is 46.1 Å². The van der Waals surface area contributed by atoms with Crippen molar-refractivity contribution in [1.82, 2.24) is 10.2 Å². The third kappa shape index (κ3) is 4.18. The molecule has 1 N–H and O–H groups in total. The lowest BCUT2D eigenvalue weighted by Gasteiger charge is -2.32. The largest absolute Gasteiger partial charge is 0.493 e. The summed E-state index contributed by atoms with van der Waals surface area (Å²) in [4.78, 5) is 6.69. The molecule has 126 valence electrons. The molecule has 0 radical (unpaired) electrons. The number of methoxy groups -OCH3 is 2. The van der Waals surface area contributed by atoms with E-state index in [1.54, 1.807) is 14.2 Å². The van der Waals surface area contributed by atoms with Crippen LogP contribution in [-0.4, -0.2) is 45.2 Å². The van der Waals surface area contributed by atoms with Gasteiger partial charge in [-0.1, -0.05) is 12.2 Å². The number of ether oxygens (including phenoxy) is 2. The minimum atomic E-state index is 0.782. The molecule has 0 bridgehead atoms. The van der Waals surface area contributed by atoms with E-state index in [0.717, 1.165) is 49.9 Å². The molecule has 5 heteroatoms. The van der Waals surface area contributed by atoms with Gasteiger partial charge < -0.3 is 19.7 Å². The third-order valence-electron chi connectivity index (χ3n) is 4.06. The zero-order chi connectivity index (χ0) is 16.7. The summed E-state index contributed by atoms with van der Waals surface area (Å²) in [5.41, 5.74) is 2.59. The summed E-state index contributed by atoms with van der Waals surface area (Å²) in [7, 11) is 5.19. The van der Waals surface area contributed by atoms with Gasteiger partial charge in [-0.05, 0) is 43.0 Å². The van der Waals surface area contributed by atoms with E-state index < -0.39 is 0 Å². The van der Waals surface area contributed by atoms with Gasteiger partial charge in [-0.2, -0.15) is 0 Å². The minimum absolute atomic E-state index is 0.782. The summed E-state index contributed by atoms with van der Waals surface area (Å²) in [6.45, 7) is 4.72. The van der Waals surface area contributed by atoms with E-state index in [9.17, 15) is 0 Å². The lowest BCUT2D eigenvalue weighted by Crippen LogP contribution is -2.44. The van der Waals surface area contributed by atoms with Gasteiger partial charge in [0, 0.05) is 26.7 Å². The molecule has 1 aliphatic rings. The molecule has 0 spiro atoms. The predicted molar refractivity (Wildman–Crippen MR) is 94.5 cm³/mol. The molecule has 0 saturated heterocycles. The average Bonchev–Trinajstić information content (AvgIpc) is 2.60. The van der Waals surface area contributed by atoms with Crippen molar-refractivity contribution in [2.75, 3.05) is 34.4 Å². The minimum Gasteiger partial charge on any atom is -0.493 e. The highest BCUT2D eigenvalue weighted by Crippen LogP contribution is 2.33. The lowest BCUT2D eigenvalue weighted by atomic mass is 9.99. The van der Waals surface area contributed by atoms with E-state index in [-0.39, 0.29) is 0 Å². The van der Waals surface area contributed by atoms with Crippen LogP contribution in [0.3, 0.4) is 0 Å². The van der Waals surface area contributed by atoms with Crippen LogP contribution in [0.5, 0.6) is 11.5 Å². The SMILES string of the molecule is CC=CCCNC(=NC)N1CCc2cc(OC)c(OC)cc2C1. The van der Waals surface area contributed by atoms with Crippen LogP contribution in [0.15, 0.2) is 29.3 Å². The van der Waals surface area contributed by atoms with Gasteiger partial charge in [0.15, 0.2) is 17.5 Å². The van der Waals surface area contributed by atoms with Crippen molar-refractivity contribution >= 4 is 5.96 Å². The molecule has 0 saturated carbocycles. The Morgan fingerprint density at radius 1 is 1.26 bits per heavy atom. The number of allylic oxidation sites excluding steroid dienone is 1. The number of guanidine groups is 1. The first-order valence-corrected chi connectivity index (χ1v) is 8.04. The summed E-state index contributed by atoms with van der Waals surface area (Å²) in [6.07, 6.45) is 6.21. The van der Waals surface area contributed by atoms with Crippen LogP contribution in [0.2, 0.25) is 0 Å². The fraction of sp³-hybridized carbons (Fsp3) is 0.500. The molecule has 0 fully saturated rings. The first kappa shape index (κ1) is 17.2. The fourth-order valence-corrected chi connectivity index (χ4v) is 2.83. The van der Waals surface area contributed by atoms with E-state index in [1.165, 1.54) is 11.1 Å². The molecule has 0 aromatic heterocycles. The van der Waals surface area contributed by atoms with Crippen molar-refractivity contribution in [2.24, 2.45) is 4.99 Å². The smallest absolute Gasteiger partial charge is 0.193 e. The van der Waals surface area contributed by atoms with Gasteiger partial charge in [0.25, 0.3) is 0 Å². The average molecular weight is 317 g/mol. The van der Waals surface area contributed by atoms with Gasteiger partial charge in [0.05, 0.1) is 14.2 Å². The van der Waals surface area contributed by atoms with Crippen LogP contribution < -0.4 is 14.8 Å². The van der Waals surface area contributed by atoms with Crippen LogP contribution >= 0.6 is 0 Å². The van der Waals surface area contributed by atoms with Crippen LogP contribution in [0.1, 0.15) is 24.5 Å². The van der Waals surface area contributed by atoms with Crippen LogP contribution in [0, 0.1) is 0 Å². The van der Waals surface area contributed by atoms with Crippen LogP contribution in [0.4, 0.5) is 0 Å². The number of nitrogens with zero attached hydrogens (tertiary/aromatic N) is 2. The van der Waals surface area contributed by atoms with E-state index in [4.69, 9.17) is 9.47 Å². The van der Waals surface area contributed by atoms with Crippen molar-refractivity contribution in [2.45, 2.75) is 26.3 Å². The van der Waals surface area contributed by atoms with Crippen molar-refractivity contribution in [3.8, 4) is 11.5 Å². The molecule has 23 heavy (non-hydrogen) atoms. The Morgan fingerprint density at radius 2 is 1.96 bits per heavy atom. The van der Waals surface area contributed by atoms with E-state index in [2.05, 4.69) is 39.5 Å². The van der Waals surface area contributed by atoms with Gasteiger partial charge in [-0.15, -0.1) is 0 Å². The maximum absolute atomic E-state index is 5.42. The first-order chi connectivity index (χ1) is 11.2. The van der Waals surface area contributed by atoms with Crippen LogP contribution in [0.25, 0.3) is 0 Å². The summed E-state index contributed by atoms with van der Waals surface area (Å²) in [5, 5.41) is 3.42. The Labute approximate surface area is 139 Å². The second-order valence-electron chi connectivity index (χ2n) is 5.48. The molecular formula is C18H27N3O2. The summed E-state index contributed by atoms with van der Waals surface area (Å²) < 4.78 is 10.8. The van der Waals surface area contributed by atoms with Gasteiger partial charge in [0.2, 0.25) is 0 Å². The van der Waals surface area contributed by atoms with Crippen molar-refractivity contribution in [3.63, 3.8) is 0 Å². The number of rotatable bonds is 5. The predicted octanol–water partition coefficient (Wildman–Crippen LogP) is 2.60. The zero-order valence-electron chi connectivity index (χ0n) is 14.6. The molecule has 1 aromatic carbocycles. The Kier molecular flexibility index (Phi) is 6.32. The lowest BCUT2D eigenvalue weighted by molar-refractivity contribution is 0.346. The number of aliphatic imine (C=N–C) groups is 1. The molecule has 0 aliphatic carbocycles. The quantitative estimate of drug-likeness (QED) is 0.392. The number of nitrogens with one attached hydrogen (secondary N) is 1. The fourth-order valence-electron chi connectivity index (χ4n) is 2.83. The Hall–Kier alpha value is -2.17. The van der Waals surface area contributed by atoms with Gasteiger partial charge in [0.1, 0.15) is 0 Å². The van der Waals surface area contributed by atoms with Gasteiger partial charge in [-0.25, -0.2) is 0 Å². The summed E-state index contributed by atoms with van der Waals surface area (Å²) >= 11 is 0. The maximum Gasteiger partial charge on any atom is 0.193 e.